The smallest absolute Gasteiger partial charge is 0.309 e. The molecule has 2 rings (SSSR count). The van der Waals surface area contributed by atoms with Crippen LogP contribution < -0.4 is 10.6 Å². The van der Waals surface area contributed by atoms with Crippen LogP contribution in [0.1, 0.15) is 16.7 Å². The molecule has 0 fully saturated rings. The zero-order chi connectivity index (χ0) is 17.4. The predicted octanol–water partition coefficient (Wildman–Crippen LogP) is 1.29. The van der Waals surface area contributed by atoms with Crippen LogP contribution in [0.4, 0.5) is 4.39 Å². The molecule has 0 aliphatic rings. The molecule has 3 N–H and O–H groups in total. The van der Waals surface area contributed by atoms with Gasteiger partial charge in [0.2, 0.25) is 0 Å². The summed E-state index contributed by atoms with van der Waals surface area (Å²) in [5, 5.41) is 14.0. The number of nitrogens with one attached hydrogen (secondary N) is 2. The fraction of sp³-hybridized carbons (Fsp3) is 0.222. The number of carbonyl (C=O) groups is 2. The summed E-state index contributed by atoms with van der Waals surface area (Å²) < 4.78 is 12.8. The van der Waals surface area contributed by atoms with E-state index in [9.17, 15) is 14.0 Å². The van der Waals surface area contributed by atoms with E-state index in [1.54, 1.807) is 12.1 Å². The van der Waals surface area contributed by atoms with Gasteiger partial charge >= 0.3 is 11.8 Å². The minimum absolute atomic E-state index is 0.00869. The van der Waals surface area contributed by atoms with Gasteiger partial charge in [-0.25, -0.2) is 4.39 Å². The van der Waals surface area contributed by atoms with Crippen molar-refractivity contribution < 1.29 is 19.1 Å². The summed E-state index contributed by atoms with van der Waals surface area (Å²) in [6.45, 7) is 0.488. The molecule has 2 amide bonds. The van der Waals surface area contributed by atoms with Crippen molar-refractivity contribution in [2.45, 2.75) is 19.6 Å². The number of rotatable bonds is 6. The first kappa shape index (κ1) is 17.6. The maximum atomic E-state index is 12.8. The van der Waals surface area contributed by atoms with Gasteiger partial charge in [0, 0.05) is 13.1 Å². The van der Waals surface area contributed by atoms with Gasteiger partial charge in [0.1, 0.15) is 5.82 Å². The van der Waals surface area contributed by atoms with Crippen molar-refractivity contribution in [1.82, 2.24) is 10.6 Å². The molecule has 2 aromatic rings. The third-order valence-corrected chi connectivity index (χ3v) is 3.48. The second-order valence-electron chi connectivity index (χ2n) is 5.29. The monoisotopic (exact) mass is 330 g/mol. The summed E-state index contributed by atoms with van der Waals surface area (Å²) in [7, 11) is 0. The van der Waals surface area contributed by atoms with E-state index in [-0.39, 0.29) is 19.0 Å². The molecule has 0 unspecified atom stereocenters. The zero-order valence-electron chi connectivity index (χ0n) is 13.1. The lowest BCUT2D eigenvalue weighted by Gasteiger charge is -2.07. The topological polar surface area (TPSA) is 78.4 Å². The summed E-state index contributed by atoms with van der Waals surface area (Å²) in [6.07, 6.45) is 0.586. The van der Waals surface area contributed by atoms with Gasteiger partial charge < -0.3 is 15.7 Å². The Kier molecular flexibility index (Phi) is 6.45. The van der Waals surface area contributed by atoms with Crippen LogP contribution in [0.5, 0.6) is 0 Å². The number of halogens is 1. The maximum absolute atomic E-state index is 12.8. The van der Waals surface area contributed by atoms with Crippen LogP contribution >= 0.6 is 0 Å². The fourth-order valence-corrected chi connectivity index (χ4v) is 2.08. The van der Waals surface area contributed by atoms with Crippen molar-refractivity contribution in [3.63, 3.8) is 0 Å². The minimum Gasteiger partial charge on any atom is -0.392 e. The number of hydrogen-bond acceptors (Lipinski definition) is 3. The minimum atomic E-state index is -0.727. The molecule has 0 saturated carbocycles. The number of amides is 2. The van der Waals surface area contributed by atoms with Gasteiger partial charge in [-0.3, -0.25) is 9.59 Å². The third-order valence-electron chi connectivity index (χ3n) is 3.48. The molecule has 0 aliphatic heterocycles. The molecule has 2 aromatic carbocycles. The van der Waals surface area contributed by atoms with E-state index < -0.39 is 11.8 Å². The molecule has 0 bridgehead atoms. The van der Waals surface area contributed by atoms with Crippen molar-refractivity contribution in [2.24, 2.45) is 0 Å². The van der Waals surface area contributed by atoms with Crippen LogP contribution in [0.3, 0.4) is 0 Å². The Balaban J connectivity index is 1.71. The molecule has 126 valence electrons. The largest absolute Gasteiger partial charge is 0.392 e. The Bertz CT molecular complexity index is 684. The Morgan fingerprint density at radius 3 is 2.00 bits per heavy atom. The summed E-state index contributed by atoms with van der Waals surface area (Å²) >= 11 is 0. The highest BCUT2D eigenvalue weighted by atomic mass is 19.1. The van der Waals surface area contributed by atoms with Gasteiger partial charge in [-0.1, -0.05) is 36.4 Å². The van der Waals surface area contributed by atoms with Crippen LogP contribution in [0.15, 0.2) is 48.5 Å². The Morgan fingerprint density at radius 1 is 0.833 bits per heavy atom. The molecular weight excluding hydrogens is 311 g/mol. The van der Waals surface area contributed by atoms with Gasteiger partial charge in [0.05, 0.1) is 6.61 Å². The van der Waals surface area contributed by atoms with Crippen LogP contribution in [-0.2, 0) is 29.2 Å². The van der Waals surface area contributed by atoms with E-state index in [1.807, 2.05) is 24.3 Å². The van der Waals surface area contributed by atoms with Gasteiger partial charge in [-0.2, -0.15) is 0 Å². The molecule has 0 aromatic heterocycles. The molecule has 0 heterocycles. The highest BCUT2D eigenvalue weighted by Gasteiger charge is 2.12. The molecule has 0 spiro atoms. The number of benzene rings is 2. The van der Waals surface area contributed by atoms with Crippen LogP contribution in [0.25, 0.3) is 0 Å². The van der Waals surface area contributed by atoms with Gasteiger partial charge in [-0.05, 0) is 35.2 Å². The van der Waals surface area contributed by atoms with Crippen molar-refractivity contribution in [1.29, 1.82) is 0 Å². The van der Waals surface area contributed by atoms with E-state index in [4.69, 9.17) is 5.11 Å². The summed E-state index contributed by atoms with van der Waals surface area (Å²) in [5.41, 5.74) is 2.53. The molecule has 24 heavy (non-hydrogen) atoms. The maximum Gasteiger partial charge on any atom is 0.309 e. The van der Waals surface area contributed by atoms with Crippen molar-refractivity contribution >= 4 is 11.8 Å². The average Bonchev–Trinajstić information content (AvgIpc) is 2.61. The van der Waals surface area contributed by atoms with Gasteiger partial charge in [0.25, 0.3) is 0 Å². The SMILES string of the molecule is O=C(NCCc1ccc(CO)cc1)C(=O)NCc1ccc(F)cc1. The molecular formula is C18H19FN2O3. The van der Waals surface area contributed by atoms with E-state index in [2.05, 4.69) is 10.6 Å². The normalized spacial score (nSPS) is 10.2. The van der Waals surface area contributed by atoms with E-state index >= 15 is 0 Å². The van der Waals surface area contributed by atoms with Crippen molar-refractivity contribution in [3.05, 3.63) is 71.0 Å². The van der Waals surface area contributed by atoms with E-state index in [0.717, 1.165) is 11.1 Å². The summed E-state index contributed by atoms with van der Waals surface area (Å²) in [5.74, 6) is -1.78. The average molecular weight is 330 g/mol. The molecule has 5 nitrogen and oxygen atoms in total. The second-order valence-corrected chi connectivity index (χ2v) is 5.29. The number of aliphatic hydroxyl groups is 1. The lowest BCUT2D eigenvalue weighted by atomic mass is 10.1. The molecule has 0 radical (unpaired) electrons. The quantitative estimate of drug-likeness (QED) is 0.699. The Morgan fingerprint density at radius 2 is 1.38 bits per heavy atom. The first-order valence-corrected chi connectivity index (χ1v) is 7.57. The highest BCUT2D eigenvalue weighted by Crippen LogP contribution is 2.04. The lowest BCUT2D eigenvalue weighted by Crippen LogP contribution is -2.40. The third kappa shape index (κ3) is 5.48. The van der Waals surface area contributed by atoms with E-state index in [0.29, 0.717) is 18.5 Å². The molecule has 0 saturated heterocycles. The first-order chi connectivity index (χ1) is 11.6. The van der Waals surface area contributed by atoms with Crippen molar-refractivity contribution in [2.75, 3.05) is 6.54 Å². The van der Waals surface area contributed by atoms with E-state index in [1.165, 1.54) is 12.1 Å². The van der Waals surface area contributed by atoms with Gasteiger partial charge in [-0.15, -0.1) is 0 Å². The summed E-state index contributed by atoms with van der Waals surface area (Å²) in [6, 6.07) is 13.0. The van der Waals surface area contributed by atoms with Crippen molar-refractivity contribution in [3.8, 4) is 0 Å². The molecule has 0 aliphatic carbocycles. The van der Waals surface area contributed by atoms with Crippen LogP contribution in [-0.4, -0.2) is 23.5 Å². The Hall–Kier alpha value is -2.73. The lowest BCUT2D eigenvalue weighted by molar-refractivity contribution is -0.139. The zero-order valence-corrected chi connectivity index (χ0v) is 13.1. The first-order valence-electron chi connectivity index (χ1n) is 7.57. The van der Waals surface area contributed by atoms with Crippen LogP contribution in [0, 0.1) is 5.82 Å². The highest BCUT2D eigenvalue weighted by molar-refractivity contribution is 6.35. The summed E-state index contributed by atoms with van der Waals surface area (Å²) in [4.78, 5) is 23.4. The molecule has 6 heteroatoms. The predicted molar refractivity (Wildman–Crippen MR) is 87.3 cm³/mol. The standard InChI is InChI=1S/C18H19FN2O3/c19-16-7-5-14(6-8-16)11-21-18(24)17(23)20-10-9-13-1-3-15(12-22)4-2-13/h1-8,22H,9-12H2,(H,20,23)(H,21,24). The van der Waals surface area contributed by atoms with Crippen LogP contribution in [0.2, 0.25) is 0 Å². The fourth-order valence-electron chi connectivity index (χ4n) is 2.08. The molecule has 0 atom stereocenters. The Labute approximate surface area is 139 Å². The van der Waals surface area contributed by atoms with Gasteiger partial charge in [0.15, 0.2) is 0 Å². The second kappa shape index (κ2) is 8.79. The number of aliphatic hydroxyl groups excluding tert-OH is 1. The number of carbonyl (C=O) groups excluding carboxylic acids is 2. The number of hydrogen-bond donors (Lipinski definition) is 3.